The first-order valence-electron chi connectivity index (χ1n) is 11.4. The second-order valence-electron chi connectivity index (χ2n) is 8.87. The average molecular weight is 459 g/mol. The molecular weight excluding hydrogens is 432 g/mol. The lowest BCUT2D eigenvalue weighted by Crippen LogP contribution is -2.44. The highest BCUT2D eigenvalue weighted by Crippen LogP contribution is 2.41. The minimum atomic E-state index is -0.00689. The molecule has 0 unspecified atom stereocenters. The van der Waals surface area contributed by atoms with E-state index in [4.69, 9.17) is 9.97 Å². The van der Waals surface area contributed by atoms with Crippen LogP contribution in [0.1, 0.15) is 22.2 Å². The number of rotatable bonds is 2. The maximum atomic E-state index is 12.7. The Kier molecular flexibility index (Phi) is 4.92. The highest BCUT2D eigenvalue weighted by molar-refractivity contribution is 7.21. The average Bonchev–Trinajstić information content (AvgIpc) is 3.15. The SMILES string of the molecule is Cc1cc(-c2ccc3c(ccc4sc5c(c43)NC[C@@H](C)NC5=O)n2)cnc1N1CCNCC1. The molecule has 3 N–H and O–H groups in total. The Morgan fingerprint density at radius 2 is 2.00 bits per heavy atom. The number of nitrogens with one attached hydrogen (secondary N) is 3. The number of anilines is 2. The molecule has 0 spiro atoms. The molecule has 0 aliphatic carbocycles. The molecule has 1 saturated heterocycles. The molecule has 168 valence electrons. The first-order valence-corrected chi connectivity index (χ1v) is 12.2. The van der Waals surface area contributed by atoms with Crippen molar-refractivity contribution in [3.63, 3.8) is 0 Å². The molecule has 2 aliphatic rings. The molecule has 2 aliphatic heterocycles. The molecule has 3 aromatic heterocycles. The summed E-state index contributed by atoms with van der Waals surface area (Å²) in [7, 11) is 0. The Morgan fingerprint density at radius 1 is 1.15 bits per heavy atom. The van der Waals surface area contributed by atoms with E-state index < -0.39 is 0 Å². The summed E-state index contributed by atoms with van der Waals surface area (Å²) in [6.45, 7) is 8.78. The van der Waals surface area contributed by atoms with Crippen molar-refractivity contribution in [2.45, 2.75) is 19.9 Å². The molecule has 0 radical (unpaired) electrons. The van der Waals surface area contributed by atoms with Gasteiger partial charge < -0.3 is 20.9 Å². The number of hydrogen-bond acceptors (Lipinski definition) is 7. The van der Waals surface area contributed by atoms with Gasteiger partial charge in [-0.2, -0.15) is 0 Å². The Balaban J connectivity index is 1.41. The van der Waals surface area contributed by atoms with Crippen molar-refractivity contribution in [2.75, 3.05) is 42.9 Å². The fourth-order valence-electron chi connectivity index (χ4n) is 4.80. The van der Waals surface area contributed by atoms with E-state index >= 15 is 0 Å². The molecule has 0 saturated carbocycles. The summed E-state index contributed by atoms with van der Waals surface area (Å²) in [6.07, 6.45) is 1.93. The minimum Gasteiger partial charge on any atom is -0.381 e. The summed E-state index contributed by atoms with van der Waals surface area (Å²) in [4.78, 5) is 25.5. The number of aryl methyl sites for hydroxylation is 1. The summed E-state index contributed by atoms with van der Waals surface area (Å²) in [5.74, 6) is 1.05. The van der Waals surface area contributed by atoms with E-state index in [1.54, 1.807) is 0 Å². The van der Waals surface area contributed by atoms with Crippen LogP contribution in [0.5, 0.6) is 0 Å². The van der Waals surface area contributed by atoms with Crippen LogP contribution < -0.4 is 20.9 Å². The van der Waals surface area contributed by atoms with E-state index in [1.165, 1.54) is 16.9 Å². The van der Waals surface area contributed by atoms with Gasteiger partial charge in [-0.3, -0.25) is 4.79 Å². The van der Waals surface area contributed by atoms with Crippen LogP contribution in [-0.4, -0.2) is 54.6 Å². The summed E-state index contributed by atoms with van der Waals surface area (Å²) < 4.78 is 1.09. The maximum Gasteiger partial charge on any atom is 0.263 e. The standard InChI is InChI=1S/C25H26N6OS/c1-14-11-16(13-28-24(14)31-9-7-26-8-10-31)18-4-3-17-19(30-18)5-6-20-21(17)22-23(33-20)25(32)29-15(2)12-27-22/h3-6,11,13,15,26-27H,7-10,12H2,1-2H3,(H,29,32)/t15-/m1/s1. The lowest BCUT2D eigenvalue weighted by atomic mass is 10.1. The largest absolute Gasteiger partial charge is 0.381 e. The van der Waals surface area contributed by atoms with E-state index in [1.807, 2.05) is 19.2 Å². The van der Waals surface area contributed by atoms with Gasteiger partial charge in [-0.1, -0.05) is 0 Å². The lowest BCUT2D eigenvalue weighted by Gasteiger charge is -2.29. The van der Waals surface area contributed by atoms with Crippen LogP contribution in [0.4, 0.5) is 11.5 Å². The molecule has 6 rings (SSSR count). The third kappa shape index (κ3) is 3.50. The Bertz CT molecular complexity index is 1390. The predicted octanol–water partition coefficient (Wildman–Crippen LogP) is 3.77. The first-order chi connectivity index (χ1) is 16.1. The van der Waals surface area contributed by atoms with Gasteiger partial charge in [0.2, 0.25) is 0 Å². The summed E-state index contributed by atoms with van der Waals surface area (Å²) in [5, 5.41) is 12.1. The van der Waals surface area contributed by atoms with Crippen molar-refractivity contribution >= 4 is 49.7 Å². The van der Waals surface area contributed by atoms with E-state index in [0.29, 0.717) is 6.54 Å². The number of benzene rings is 1. The second-order valence-corrected chi connectivity index (χ2v) is 9.92. The van der Waals surface area contributed by atoms with Gasteiger partial charge in [-0.15, -0.1) is 11.3 Å². The molecule has 0 bridgehead atoms. The second kappa shape index (κ2) is 7.97. The number of pyridine rings is 2. The van der Waals surface area contributed by atoms with Crippen molar-refractivity contribution in [1.29, 1.82) is 0 Å². The zero-order chi connectivity index (χ0) is 22.5. The summed E-state index contributed by atoms with van der Waals surface area (Å²) >= 11 is 1.53. The molecule has 1 aromatic carbocycles. The van der Waals surface area contributed by atoms with Crippen LogP contribution in [-0.2, 0) is 0 Å². The van der Waals surface area contributed by atoms with Crippen LogP contribution in [0.3, 0.4) is 0 Å². The van der Waals surface area contributed by atoms with Gasteiger partial charge in [0.05, 0.1) is 16.9 Å². The quantitative estimate of drug-likeness (QED) is 0.424. The summed E-state index contributed by atoms with van der Waals surface area (Å²) in [5.41, 5.74) is 4.94. The topological polar surface area (TPSA) is 82.2 Å². The van der Waals surface area contributed by atoms with Crippen molar-refractivity contribution < 1.29 is 4.79 Å². The monoisotopic (exact) mass is 458 g/mol. The predicted molar refractivity (Wildman–Crippen MR) is 136 cm³/mol. The lowest BCUT2D eigenvalue weighted by molar-refractivity contribution is 0.0949. The number of amides is 1. The highest BCUT2D eigenvalue weighted by atomic mass is 32.1. The number of hydrogen-bond donors (Lipinski definition) is 3. The Hall–Kier alpha value is -3.23. The highest BCUT2D eigenvalue weighted by Gasteiger charge is 2.25. The molecule has 8 heteroatoms. The number of fused-ring (bicyclic) bond motifs is 5. The zero-order valence-corrected chi connectivity index (χ0v) is 19.6. The van der Waals surface area contributed by atoms with Crippen LogP contribution in [0.15, 0.2) is 36.5 Å². The molecule has 1 fully saturated rings. The van der Waals surface area contributed by atoms with Crippen molar-refractivity contribution in [3.8, 4) is 11.3 Å². The zero-order valence-electron chi connectivity index (χ0n) is 18.7. The molecule has 33 heavy (non-hydrogen) atoms. The number of aromatic nitrogens is 2. The number of piperazine rings is 1. The van der Waals surface area contributed by atoms with Gasteiger partial charge in [0.25, 0.3) is 5.91 Å². The van der Waals surface area contributed by atoms with Gasteiger partial charge in [-0.25, -0.2) is 9.97 Å². The fraction of sp³-hybridized carbons (Fsp3) is 0.320. The van der Waals surface area contributed by atoms with Gasteiger partial charge in [-0.05, 0) is 49.7 Å². The van der Waals surface area contributed by atoms with Crippen molar-refractivity contribution in [1.82, 2.24) is 20.6 Å². The van der Waals surface area contributed by atoms with Crippen molar-refractivity contribution in [2.24, 2.45) is 0 Å². The van der Waals surface area contributed by atoms with Gasteiger partial charge in [0.15, 0.2) is 0 Å². The smallest absolute Gasteiger partial charge is 0.263 e. The first kappa shape index (κ1) is 20.4. The number of carbonyl (C=O) groups excluding carboxylic acids is 1. The third-order valence-electron chi connectivity index (χ3n) is 6.45. The normalized spacial score (nSPS) is 18.7. The molecule has 1 atom stereocenters. The minimum absolute atomic E-state index is 0.00689. The third-order valence-corrected chi connectivity index (χ3v) is 7.61. The molecule has 1 amide bonds. The summed E-state index contributed by atoms with van der Waals surface area (Å²) in [6, 6.07) is 10.6. The van der Waals surface area contributed by atoms with E-state index in [9.17, 15) is 4.79 Å². The molecule has 5 heterocycles. The number of carbonyl (C=O) groups is 1. The van der Waals surface area contributed by atoms with E-state index in [-0.39, 0.29) is 11.9 Å². The maximum absolute atomic E-state index is 12.7. The van der Waals surface area contributed by atoms with Gasteiger partial charge >= 0.3 is 0 Å². The van der Waals surface area contributed by atoms with Crippen LogP contribution in [0.2, 0.25) is 0 Å². The number of thiophene rings is 1. The fourth-order valence-corrected chi connectivity index (χ4v) is 5.90. The van der Waals surface area contributed by atoms with Crippen molar-refractivity contribution in [3.05, 3.63) is 47.0 Å². The van der Waals surface area contributed by atoms with Crippen LogP contribution >= 0.6 is 11.3 Å². The van der Waals surface area contributed by atoms with Crippen LogP contribution in [0, 0.1) is 6.92 Å². The van der Waals surface area contributed by atoms with Gasteiger partial charge in [0.1, 0.15) is 10.7 Å². The van der Waals surface area contributed by atoms with Gasteiger partial charge in [0, 0.05) is 66.0 Å². The Labute approximate surface area is 196 Å². The number of nitrogens with zero attached hydrogens (tertiary/aromatic N) is 3. The molecule has 7 nitrogen and oxygen atoms in total. The molecule has 4 aromatic rings. The molecular formula is C25H26N6OS. The Morgan fingerprint density at radius 3 is 2.82 bits per heavy atom. The van der Waals surface area contributed by atoms with Crippen LogP contribution in [0.25, 0.3) is 32.2 Å². The van der Waals surface area contributed by atoms with E-state index in [0.717, 1.165) is 74.8 Å². The van der Waals surface area contributed by atoms with E-state index in [2.05, 4.69) is 52.0 Å².